The maximum atomic E-state index is 13.5. The molecule has 2 atom stereocenters. The Morgan fingerprint density at radius 3 is 2.30 bits per heavy atom. The molecule has 3 nitrogen and oxygen atoms in total. The number of nitrogens with zero attached hydrogens (tertiary/aromatic N) is 1. The highest BCUT2D eigenvalue weighted by atomic mass is 79.9. The summed E-state index contributed by atoms with van der Waals surface area (Å²) in [6.07, 6.45) is -11.3. The van der Waals surface area contributed by atoms with E-state index in [9.17, 15) is 31.1 Å². The molecule has 1 saturated heterocycles. The van der Waals surface area contributed by atoms with Gasteiger partial charge in [-0.3, -0.25) is 4.90 Å². The number of carbonyl (C=O) groups excluding carboxylic acids is 1. The minimum absolute atomic E-state index is 0.00496. The first kappa shape index (κ1) is 31.8. The fraction of sp³-hybridized carbons (Fsp3) is 0.345. The molecule has 1 aliphatic heterocycles. The van der Waals surface area contributed by atoms with Gasteiger partial charge in [-0.15, -0.1) is 0 Å². The van der Waals surface area contributed by atoms with E-state index in [1.54, 1.807) is 13.0 Å². The Morgan fingerprint density at radius 1 is 1.07 bits per heavy atom. The smallest absolute Gasteiger partial charge is 0.416 e. The lowest BCUT2D eigenvalue weighted by Gasteiger charge is -2.23. The van der Waals surface area contributed by atoms with Crippen molar-refractivity contribution < 1.29 is 35.9 Å². The predicted octanol–water partition coefficient (Wildman–Crippen LogP) is 10.2. The van der Waals surface area contributed by atoms with E-state index in [-0.39, 0.29) is 18.5 Å². The van der Waals surface area contributed by atoms with Gasteiger partial charge in [-0.2, -0.15) is 26.3 Å². The number of halogens is 8. The first-order chi connectivity index (χ1) is 18.5. The zero-order valence-corrected chi connectivity index (χ0v) is 24.2. The SMILES string of the molecule is C=C/C(=C\C(=C/C[C@H]1OC(=O)N(Cc2cc(Br)ccc2-c2cc(C(C)C)ccc2Cl)[C@H]1C)C(F)(F)F)C(F)(F)F. The lowest BCUT2D eigenvalue weighted by molar-refractivity contribution is -0.0935. The Labute approximate surface area is 242 Å². The van der Waals surface area contributed by atoms with Gasteiger partial charge >= 0.3 is 18.4 Å². The van der Waals surface area contributed by atoms with E-state index in [2.05, 4.69) is 22.5 Å². The molecule has 1 amide bonds. The molecule has 0 aliphatic carbocycles. The Morgan fingerprint density at radius 2 is 1.73 bits per heavy atom. The molecular formula is C29H27BrClF6NO2. The second-order valence-electron chi connectivity index (χ2n) is 9.68. The van der Waals surface area contributed by atoms with Gasteiger partial charge in [0, 0.05) is 21.5 Å². The van der Waals surface area contributed by atoms with Crippen LogP contribution < -0.4 is 0 Å². The first-order valence-corrected chi connectivity index (χ1v) is 13.4. The fourth-order valence-electron chi connectivity index (χ4n) is 4.29. The number of alkyl halides is 6. The van der Waals surface area contributed by atoms with E-state index in [1.165, 1.54) is 4.90 Å². The van der Waals surface area contributed by atoms with Gasteiger partial charge < -0.3 is 4.74 Å². The van der Waals surface area contributed by atoms with Gasteiger partial charge in [0.15, 0.2) is 0 Å². The van der Waals surface area contributed by atoms with Crippen LogP contribution in [0.1, 0.15) is 44.2 Å². The molecule has 40 heavy (non-hydrogen) atoms. The standard InChI is InChI=1S/C29H27BrClF6NO2/c1-5-20(28(32,33)34)14-21(29(35,36)37)7-11-26-17(4)38(27(39)40-26)15-19-12-22(30)8-9-23(19)24-13-18(16(2)3)6-10-25(24)31/h5-10,12-14,16-17,26H,1,11,15H2,2-4H3/b20-14+,21-7+/t17-,26+/m0/s1. The third-order valence-electron chi connectivity index (χ3n) is 6.63. The number of hydrogen-bond acceptors (Lipinski definition) is 2. The number of ether oxygens (including phenoxy) is 1. The van der Waals surface area contributed by atoms with Crippen LogP contribution in [-0.4, -0.2) is 35.5 Å². The zero-order chi connectivity index (χ0) is 30.0. The van der Waals surface area contributed by atoms with Crippen molar-refractivity contribution in [2.45, 2.75) is 64.2 Å². The van der Waals surface area contributed by atoms with E-state index in [1.807, 2.05) is 44.2 Å². The Kier molecular flexibility index (Phi) is 9.88. The summed E-state index contributed by atoms with van der Waals surface area (Å²) in [5.74, 6) is 0.243. The van der Waals surface area contributed by atoms with Crippen molar-refractivity contribution in [3.05, 3.63) is 93.0 Å². The molecule has 0 saturated carbocycles. The Hall–Kier alpha value is -2.72. The second kappa shape index (κ2) is 12.4. The van der Waals surface area contributed by atoms with Gasteiger partial charge in [-0.05, 0) is 59.9 Å². The average molecular weight is 651 g/mol. The zero-order valence-electron chi connectivity index (χ0n) is 21.8. The van der Waals surface area contributed by atoms with Crippen LogP contribution in [0.15, 0.2) is 76.8 Å². The van der Waals surface area contributed by atoms with Gasteiger partial charge in [0.25, 0.3) is 0 Å². The normalized spacial score (nSPS) is 18.9. The van der Waals surface area contributed by atoms with Crippen molar-refractivity contribution in [2.75, 3.05) is 0 Å². The summed E-state index contributed by atoms with van der Waals surface area (Å²) in [4.78, 5) is 14.2. The lowest BCUT2D eigenvalue weighted by Crippen LogP contribution is -2.33. The number of carbonyl (C=O) groups is 1. The van der Waals surface area contributed by atoms with Crippen LogP contribution in [0.2, 0.25) is 5.02 Å². The van der Waals surface area contributed by atoms with Crippen LogP contribution in [0.25, 0.3) is 11.1 Å². The van der Waals surface area contributed by atoms with Crippen molar-refractivity contribution in [3.63, 3.8) is 0 Å². The summed E-state index contributed by atoms with van der Waals surface area (Å²) in [6, 6.07) is 10.6. The highest BCUT2D eigenvalue weighted by Gasteiger charge is 2.40. The molecule has 1 aliphatic rings. The van der Waals surface area contributed by atoms with Crippen LogP contribution >= 0.6 is 27.5 Å². The number of rotatable bonds is 8. The number of cyclic esters (lactones) is 1. The summed E-state index contributed by atoms with van der Waals surface area (Å²) in [6.45, 7) is 8.73. The van der Waals surface area contributed by atoms with E-state index in [0.717, 1.165) is 26.7 Å². The maximum Gasteiger partial charge on any atom is 0.416 e. The number of amides is 1. The molecule has 3 rings (SSSR count). The number of allylic oxidation sites excluding steroid dienone is 4. The van der Waals surface area contributed by atoms with Crippen LogP contribution in [0.3, 0.4) is 0 Å². The topological polar surface area (TPSA) is 29.5 Å². The lowest BCUT2D eigenvalue weighted by atomic mass is 9.94. The highest BCUT2D eigenvalue weighted by Crippen LogP contribution is 2.37. The van der Waals surface area contributed by atoms with E-state index < -0.39 is 48.2 Å². The molecule has 11 heteroatoms. The summed E-state index contributed by atoms with van der Waals surface area (Å²) in [7, 11) is 0. The summed E-state index contributed by atoms with van der Waals surface area (Å²) in [5.41, 5.74) is 0.282. The molecule has 0 bridgehead atoms. The monoisotopic (exact) mass is 649 g/mol. The van der Waals surface area contributed by atoms with Gasteiger partial charge in [0.05, 0.1) is 23.7 Å². The third-order valence-corrected chi connectivity index (χ3v) is 7.45. The molecule has 1 heterocycles. The fourth-order valence-corrected chi connectivity index (χ4v) is 4.92. The molecule has 1 fully saturated rings. The molecular weight excluding hydrogens is 624 g/mol. The number of hydrogen-bond donors (Lipinski definition) is 0. The predicted molar refractivity (Wildman–Crippen MR) is 147 cm³/mol. The molecule has 0 aromatic heterocycles. The van der Waals surface area contributed by atoms with Crippen LogP contribution in [-0.2, 0) is 11.3 Å². The van der Waals surface area contributed by atoms with E-state index in [0.29, 0.717) is 17.2 Å². The molecule has 0 spiro atoms. The molecule has 216 valence electrons. The molecule has 0 radical (unpaired) electrons. The third kappa shape index (κ3) is 7.51. The van der Waals surface area contributed by atoms with Crippen molar-refractivity contribution >= 4 is 33.6 Å². The van der Waals surface area contributed by atoms with Gasteiger partial charge in [0.2, 0.25) is 0 Å². The van der Waals surface area contributed by atoms with Crippen LogP contribution in [0.4, 0.5) is 31.1 Å². The van der Waals surface area contributed by atoms with E-state index >= 15 is 0 Å². The van der Waals surface area contributed by atoms with Gasteiger partial charge in [-0.1, -0.05) is 72.2 Å². The van der Waals surface area contributed by atoms with Crippen molar-refractivity contribution in [2.24, 2.45) is 0 Å². The van der Waals surface area contributed by atoms with Gasteiger partial charge in [-0.25, -0.2) is 4.79 Å². The van der Waals surface area contributed by atoms with Crippen molar-refractivity contribution in [3.8, 4) is 11.1 Å². The van der Waals surface area contributed by atoms with E-state index in [4.69, 9.17) is 16.3 Å². The molecule has 2 aromatic rings. The van der Waals surface area contributed by atoms with Crippen LogP contribution in [0, 0.1) is 0 Å². The summed E-state index contributed by atoms with van der Waals surface area (Å²) in [5, 5.41) is 0.513. The number of benzene rings is 2. The molecule has 2 aromatic carbocycles. The Bertz CT molecular complexity index is 1330. The summed E-state index contributed by atoms with van der Waals surface area (Å²) < 4.78 is 85.7. The maximum absolute atomic E-state index is 13.5. The van der Waals surface area contributed by atoms with Crippen LogP contribution in [0.5, 0.6) is 0 Å². The second-order valence-corrected chi connectivity index (χ2v) is 11.0. The average Bonchev–Trinajstić information content (AvgIpc) is 3.10. The molecule has 0 unspecified atom stereocenters. The first-order valence-electron chi connectivity index (χ1n) is 12.3. The van der Waals surface area contributed by atoms with Crippen molar-refractivity contribution in [1.29, 1.82) is 0 Å². The molecule has 0 N–H and O–H groups in total. The minimum atomic E-state index is -5.06. The quantitative estimate of drug-likeness (QED) is 0.210. The summed E-state index contributed by atoms with van der Waals surface area (Å²) >= 11 is 9.97. The van der Waals surface area contributed by atoms with Gasteiger partial charge in [0.1, 0.15) is 6.10 Å². The highest BCUT2D eigenvalue weighted by molar-refractivity contribution is 9.10. The Balaban J connectivity index is 1.91. The minimum Gasteiger partial charge on any atom is -0.444 e. The van der Waals surface area contributed by atoms with Crippen molar-refractivity contribution in [1.82, 2.24) is 4.90 Å². The largest absolute Gasteiger partial charge is 0.444 e.